The highest BCUT2D eigenvalue weighted by Gasteiger charge is 2.46. The van der Waals surface area contributed by atoms with Gasteiger partial charge in [0.25, 0.3) is 0 Å². The predicted octanol–water partition coefficient (Wildman–Crippen LogP) is 4.65. The van der Waals surface area contributed by atoms with Gasteiger partial charge in [0.15, 0.2) is 0 Å². The van der Waals surface area contributed by atoms with Gasteiger partial charge in [0.05, 0.1) is 0 Å². The van der Waals surface area contributed by atoms with Gasteiger partial charge < -0.3 is 4.98 Å². The summed E-state index contributed by atoms with van der Waals surface area (Å²) in [5.41, 5.74) is 4.84. The zero-order valence-corrected chi connectivity index (χ0v) is 14.2. The summed E-state index contributed by atoms with van der Waals surface area (Å²) < 4.78 is 0. The highest BCUT2D eigenvalue weighted by atomic mass is 79.9. The monoisotopic (exact) mass is 346 g/mol. The number of fused-ring (bicyclic) bond motifs is 5. The summed E-state index contributed by atoms with van der Waals surface area (Å²) in [5, 5.41) is 2.52. The van der Waals surface area contributed by atoms with E-state index >= 15 is 0 Å². The van der Waals surface area contributed by atoms with Crippen LogP contribution in [-0.4, -0.2) is 28.3 Å². The zero-order chi connectivity index (χ0) is 14.4. The summed E-state index contributed by atoms with van der Waals surface area (Å²) in [6.45, 7) is 4.91. The fraction of sp³-hybridized carbons (Fsp3) is 0.556. The number of likely N-dealkylation sites (tertiary alicyclic amines) is 1. The van der Waals surface area contributed by atoms with Gasteiger partial charge in [-0.1, -0.05) is 41.1 Å². The van der Waals surface area contributed by atoms with Crippen molar-refractivity contribution in [1.29, 1.82) is 0 Å². The van der Waals surface area contributed by atoms with Crippen molar-refractivity contribution in [3.63, 3.8) is 0 Å². The van der Waals surface area contributed by atoms with Gasteiger partial charge in [-0.25, -0.2) is 0 Å². The van der Waals surface area contributed by atoms with E-state index in [1.165, 1.54) is 48.8 Å². The van der Waals surface area contributed by atoms with Crippen molar-refractivity contribution < 1.29 is 0 Å². The van der Waals surface area contributed by atoms with Crippen LogP contribution >= 0.6 is 15.9 Å². The highest BCUT2D eigenvalue weighted by molar-refractivity contribution is 9.09. The van der Waals surface area contributed by atoms with Crippen LogP contribution in [-0.2, 0) is 6.42 Å². The molecule has 1 aromatic carbocycles. The number of nitrogens with zero attached hydrogens (tertiary/aromatic N) is 1. The molecule has 0 amide bonds. The number of nitrogens with one attached hydrogen (secondary N) is 1. The Kier molecular flexibility index (Phi) is 3.38. The number of H-pyrrole nitrogens is 1. The number of aromatic nitrogens is 1. The third kappa shape index (κ3) is 2.08. The molecule has 2 heterocycles. The van der Waals surface area contributed by atoms with E-state index in [-0.39, 0.29) is 0 Å². The molecule has 0 radical (unpaired) electrons. The van der Waals surface area contributed by atoms with Crippen molar-refractivity contribution >= 4 is 26.8 Å². The van der Waals surface area contributed by atoms with E-state index in [9.17, 15) is 0 Å². The molecule has 2 aliphatic rings. The fourth-order valence-corrected chi connectivity index (χ4v) is 5.13. The average Bonchev–Trinajstić information content (AvgIpc) is 2.86. The van der Waals surface area contributed by atoms with Crippen molar-refractivity contribution in [3.05, 3.63) is 35.5 Å². The first-order chi connectivity index (χ1) is 10.2. The van der Waals surface area contributed by atoms with Gasteiger partial charge in [-0.05, 0) is 49.3 Å². The number of hydrogen-bond acceptors (Lipinski definition) is 1. The zero-order valence-electron chi connectivity index (χ0n) is 12.7. The molecule has 4 rings (SSSR count). The van der Waals surface area contributed by atoms with Gasteiger partial charge in [0.2, 0.25) is 0 Å². The van der Waals surface area contributed by atoms with Crippen LogP contribution in [0.5, 0.6) is 0 Å². The molecule has 0 saturated carbocycles. The van der Waals surface area contributed by atoms with E-state index in [4.69, 9.17) is 0 Å². The maximum Gasteiger partial charge on any atom is 0.0459 e. The third-order valence-electron chi connectivity index (χ3n) is 5.64. The number of halogens is 1. The molecule has 2 aromatic rings. The van der Waals surface area contributed by atoms with Crippen LogP contribution in [0.1, 0.15) is 43.5 Å². The maximum absolute atomic E-state index is 3.69. The molecule has 0 spiro atoms. The fourth-order valence-electron chi connectivity index (χ4n) is 4.67. The van der Waals surface area contributed by atoms with Gasteiger partial charge in [0.1, 0.15) is 0 Å². The second kappa shape index (κ2) is 5.13. The minimum Gasteiger partial charge on any atom is -0.358 e. The standard InChI is InChI=1S/C18H23BrN2/c1-18-8-4-11-21(12-10-19)17(18)16-13-5-2-3-6-14(13)20-15(16)7-9-18/h2-3,5-6,17,20H,4,7-12H2,1H3/t17-,18+/m0/s1. The molecular formula is C18H23BrN2. The summed E-state index contributed by atoms with van der Waals surface area (Å²) in [4.78, 5) is 6.41. The number of aryl methyl sites for hydroxylation is 1. The largest absolute Gasteiger partial charge is 0.358 e. The number of para-hydroxylation sites is 1. The molecule has 3 heteroatoms. The molecule has 2 atom stereocenters. The quantitative estimate of drug-likeness (QED) is 0.784. The lowest BCUT2D eigenvalue weighted by Gasteiger charge is -2.51. The normalized spacial score (nSPS) is 29.3. The van der Waals surface area contributed by atoms with Crippen LogP contribution in [0.15, 0.2) is 24.3 Å². The Morgan fingerprint density at radius 2 is 2.19 bits per heavy atom. The second-order valence-corrected chi connectivity index (χ2v) is 7.74. The van der Waals surface area contributed by atoms with E-state index in [0.29, 0.717) is 11.5 Å². The molecule has 0 unspecified atom stereocenters. The molecule has 1 saturated heterocycles. The molecule has 21 heavy (non-hydrogen) atoms. The Morgan fingerprint density at radius 3 is 3.05 bits per heavy atom. The number of alkyl halides is 1. The van der Waals surface area contributed by atoms with Crippen molar-refractivity contribution in [1.82, 2.24) is 9.88 Å². The van der Waals surface area contributed by atoms with Gasteiger partial charge in [-0.3, -0.25) is 4.90 Å². The molecule has 1 N–H and O–H groups in total. The Balaban J connectivity index is 1.90. The van der Waals surface area contributed by atoms with Crippen molar-refractivity contribution in [2.24, 2.45) is 5.41 Å². The lowest BCUT2D eigenvalue weighted by molar-refractivity contribution is 0.0149. The van der Waals surface area contributed by atoms with Gasteiger partial charge in [-0.2, -0.15) is 0 Å². The lowest BCUT2D eigenvalue weighted by Crippen LogP contribution is -2.47. The number of benzene rings is 1. The second-order valence-electron chi connectivity index (χ2n) is 6.95. The maximum atomic E-state index is 3.69. The topological polar surface area (TPSA) is 19.0 Å². The molecule has 2 nitrogen and oxygen atoms in total. The first kappa shape index (κ1) is 13.8. The SMILES string of the molecule is C[C@]12CCCN(CCBr)[C@H]1c1c([nH]c3ccccc13)CC2. The number of hydrogen-bond donors (Lipinski definition) is 1. The van der Waals surface area contributed by atoms with Gasteiger partial charge in [-0.15, -0.1) is 0 Å². The van der Waals surface area contributed by atoms with E-state index in [2.05, 4.69) is 57.0 Å². The van der Waals surface area contributed by atoms with Crippen LogP contribution in [0.4, 0.5) is 0 Å². The lowest BCUT2D eigenvalue weighted by atomic mass is 9.65. The van der Waals surface area contributed by atoms with Crippen LogP contribution in [0.2, 0.25) is 0 Å². The van der Waals surface area contributed by atoms with Gasteiger partial charge in [0, 0.05) is 34.5 Å². The van der Waals surface area contributed by atoms with Crippen LogP contribution in [0, 0.1) is 5.41 Å². The minimum atomic E-state index is 0.443. The molecule has 1 aromatic heterocycles. The highest BCUT2D eigenvalue weighted by Crippen LogP contribution is 2.54. The summed E-state index contributed by atoms with van der Waals surface area (Å²) in [6.07, 6.45) is 5.24. The Labute approximate surface area is 135 Å². The van der Waals surface area contributed by atoms with E-state index in [1.54, 1.807) is 5.56 Å². The molecule has 1 fully saturated rings. The molecular weight excluding hydrogens is 324 g/mol. The summed E-state index contributed by atoms with van der Waals surface area (Å²) >= 11 is 3.65. The van der Waals surface area contributed by atoms with Gasteiger partial charge >= 0.3 is 0 Å². The Morgan fingerprint density at radius 1 is 1.33 bits per heavy atom. The first-order valence-corrected chi connectivity index (χ1v) is 9.24. The van der Waals surface area contributed by atoms with Crippen LogP contribution in [0.3, 0.4) is 0 Å². The number of rotatable bonds is 2. The number of piperidine rings is 1. The van der Waals surface area contributed by atoms with Crippen molar-refractivity contribution in [2.75, 3.05) is 18.4 Å². The molecule has 1 aliphatic carbocycles. The summed E-state index contributed by atoms with van der Waals surface area (Å²) in [7, 11) is 0. The summed E-state index contributed by atoms with van der Waals surface area (Å²) in [5.74, 6) is 0. The molecule has 112 valence electrons. The van der Waals surface area contributed by atoms with E-state index in [1.807, 2.05) is 0 Å². The Hall–Kier alpha value is -0.800. The average molecular weight is 347 g/mol. The van der Waals surface area contributed by atoms with Crippen LogP contribution in [0.25, 0.3) is 10.9 Å². The van der Waals surface area contributed by atoms with Crippen molar-refractivity contribution in [2.45, 2.75) is 38.6 Å². The van der Waals surface area contributed by atoms with Crippen molar-refractivity contribution in [3.8, 4) is 0 Å². The predicted molar refractivity (Wildman–Crippen MR) is 92.1 cm³/mol. The van der Waals surface area contributed by atoms with E-state index in [0.717, 1.165) is 11.9 Å². The first-order valence-electron chi connectivity index (χ1n) is 8.12. The van der Waals surface area contributed by atoms with E-state index < -0.39 is 0 Å². The third-order valence-corrected chi connectivity index (χ3v) is 5.99. The molecule has 1 aliphatic heterocycles. The Bertz CT molecular complexity index is 660. The minimum absolute atomic E-state index is 0.443. The van der Waals surface area contributed by atoms with Crippen LogP contribution < -0.4 is 0 Å². The smallest absolute Gasteiger partial charge is 0.0459 e. The molecule has 0 bridgehead atoms. The number of aromatic amines is 1. The summed E-state index contributed by atoms with van der Waals surface area (Å²) in [6, 6.07) is 9.43.